The minimum absolute atomic E-state index is 0.188. The SMILES string of the molecule is O=C(CCS)Oc1c2c3oc1cc3C(=O)O2. The number of carbonyl (C=O) groups is 2. The lowest BCUT2D eigenvalue weighted by Crippen LogP contribution is -2.08. The molecule has 0 radical (unpaired) electrons. The first kappa shape index (κ1) is 9.53. The van der Waals surface area contributed by atoms with Gasteiger partial charge in [-0.1, -0.05) is 0 Å². The second-order valence-corrected chi connectivity index (χ2v) is 3.80. The normalized spacial score (nSPS) is 13.4. The van der Waals surface area contributed by atoms with Crippen LogP contribution in [0, 0.1) is 0 Å². The summed E-state index contributed by atoms with van der Waals surface area (Å²) in [5.74, 6) is -0.101. The minimum atomic E-state index is -0.472. The average Bonchev–Trinajstić information content (AvgIpc) is 2.82. The van der Waals surface area contributed by atoms with Crippen LogP contribution >= 0.6 is 12.6 Å². The van der Waals surface area contributed by atoms with E-state index in [2.05, 4.69) is 12.6 Å². The number of furan rings is 2. The van der Waals surface area contributed by atoms with Gasteiger partial charge in [-0.05, 0) is 0 Å². The molecule has 3 heterocycles. The molecule has 0 spiro atoms. The number of ether oxygens (including phenoxy) is 2. The van der Waals surface area contributed by atoms with Crippen molar-refractivity contribution in [3.63, 3.8) is 0 Å². The van der Waals surface area contributed by atoms with Gasteiger partial charge >= 0.3 is 11.9 Å². The topological polar surface area (TPSA) is 65.7 Å². The highest BCUT2D eigenvalue weighted by Crippen LogP contribution is 2.49. The summed E-state index contributed by atoms with van der Waals surface area (Å²) in [6.07, 6.45) is 0.188. The van der Waals surface area contributed by atoms with E-state index < -0.39 is 11.9 Å². The van der Waals surface area contributed by atoms with Gasteiger partial charge in [0.05, 0.1) is 6.42 Å². The Labute approximate surface area is 95.0 Å². The number of hydrogen-bond acceptors (Lipinski definition) is 6. The molecule has 1 aliphatic heterocycles. The van der Waals surface area contributed by atoms with Crippen LogP contribution in [0.3, 0.4) is 0 Å². The predicted molar refractivity (Wildman–Crippen MR) is 56.5 cm³/mol. The Morgan fingerprint density at radius 2 is 2.31 bits per heavy atom. The van der Waals surface area contributed by atoms with Crippen LogP contribution in [0.15, 0.2) is 10.5 Å². The maximum Gasteiger partial charge on any atom is 0.347 e. The van der Waals surface area contributed by atoms with Gasteiger partial charge in [-0.3, -0.25) is 4.79 Å². The van der Waals surface area contributed by atoms with Crippen LogP contribution in [0.2, 0.25) is 0 Å². The fraction of sp³-hybridized carbons (Fsp3) is 0.200. The first-order valence-electron chi connectivity index (χ1n) is 4.63. The van der Waals surface area contributed by atoms with Gasteiger partial charge in [0.2, 0.25) is 11.5 Å². The molecule has 2 aromatic heterocycles. The van der Waals surface area contributed by atoms with E-state index in [1.165, 1.54) is 6.07 Å². The third-order valence-corrected chi connectivity index (χ3v) is 2.54. The van der Waals surface area contributed by atoms with Crippen molar-refractivity contribution >= 4 is 35.7 Å². The third-order valence-electron chi connectivity index (χ3n) is 2.31. The zero-order chi connectivity index (χ0) is 11.3. The van der Waals surface area contributed by atoms with Gasteiger partial charge in [0.25, 0.3) is 0 Å². The molecule has 0 saturated heterocycles. The summed E-state index contributed by atoms with van der Waals surface area (Å²) >= 11 is 3.92. The van der Waals surface area contributed by atoms with Gasteiger partial charge in [-0.2, -0.15) is 12.6 Å². The third kappa shape index (κ3) is 1.13. The lowest BCUT2D eigenvalue weighted by Gasteiger charge is -2.01. The molecule has 82 valence electrons. The molecule has 3 rings (SSSR count). The highest BCUT2D eigenvalue weighted by Gasteiger charge is 2.36. The lowest BCUT2D eigenvalue weighted by atomic mass is 10.2. The van der Waals surface area contributed by atoms with Gasteiger partial charge < -0.3 is 13.9 Å². The van der Waals surface area contributed by atoms with Crippen molar-refractivity contribution in [2.24, 2.45) is 0 Å². The van der Waals surface area contributed by atoms with E-state index in [9.17, 15) is 9.59 Å². The molecular formula is C10H6O5S. The monoisotopic (exact) mass is 238 g/mol. The highest BCUT2D eigenvalue weighted by atomic mass is 32.1. The van der Waals surface area contributed by atoms with Gasteiger partial charge in [-0.25, -0.2) is 4.79 Å². The van der Waals surface area contributed by atoms with Crippen LogP contribution in [-0.4, -0.2) is 17.7 Å². The Kier molecular flexibility index (Phi) is 1.88. The second-order valence-electron chi connectivity index (χ2n) is 3.35. The van der Waals surface area contributed by atoms with Crippen LogP contribution in [0.1, 0.15) is 16.8 Å². The molecule has 6 heteroatoms. The molecule has 2 bridgehead atoms. The van der Waals surface area contributed by atoms with Crippen molar-refractivity contribution in [3.8, 4) is 11.5 Å². The van der Waals surface area contributed by atoms with E-state index in [0.29, 0.717) is 22.5 Å². The summed E-state index contributed by atoms with van der Waals surface area (Å²) in [6.45, 7) is 0. The summed E-state index contributed by atoms with van der Waals surface area (Å²) < 4.78 is 15.2. The van der Waals surface area contributed by atoms with Gasteiger partial charge in [0.1, 0.15) is 5.56 Å². The van der Waals surface area contributed by atoms with E-state index in [1.807, 2.05) is 0 Å². The number of benzene rings is 1. The molecule has 5 nitrogen and oxygen atoms in total. The largest absolute Gasteiger partial charge is 0.448 e. The summed E-state index contributed by atoms with van der Waals surface area (Å²) in [4.78, 5) is 22.5. The molecule has 0 atom stereocenters. The molecule has 0 fully saturated rings. The number of rotatable bonds is 3. The van der Waals surface area contributed by atoms with Crippen molar-refractivity contribution in [3.05, 3.63) is 11.6 Å². The van der Waals surface area contributed by atoms with E-state index in [4.69, 9.17) is 13.9 Å². The first-order chi connectivity index (χ1) is 7.70. The van der Waals surface area contributed by atoms with Crippen LogP contribution in [-0.2, 0) is 4.79 Å². The number of esters is 2. The Morgan fingerprint density at radius 1 is 1.50 bits per heavy atom. The van der Waals surface area contributed by atoms with Crippen molar-refractivity contribution in [1.82, 2.24) is 0 Å². The number of hydrogen-bond donors (Lipinski definition) is 1. The minimum Gasteiger partial charge on any atom is -0.448 e. The Morgan fingerprint density at radius 3 is 3.06 bits per heavy atom. The second kappa shape index (κ2) is 3.15. The molecule has 0 N–H and O–H groups in total. The number of fused-ring (bicyclic) bond motifs is 1. The lowest BCUT2D eigenvalue weighted by molar-refractivity contribution is -0.133. The van der Waals surface area contributed by atoms with E-state index in [1.54, 1.807) is 0 Å². The summed E-state index contributed by atoms with van der Waals surface area (Å²) in [5, 5.41) is 0. The molecule has 0 unspecified atom stereocenters. The van der Waals surface area contributed by atoms with Gasteiger partial charge in [0, 0.05) is 11.8 Å². The molecule has 0 saturated carbocycles. The van der Waals surface area contributed by atoms with Crippen LogP contribution < -0.4 is 9.47 Å². The van der Waals surface area contributed by atoms with Crippen molar-refractivity contribution in [2.45, 2.75) is 6.42 Å². The molecule has 0 amide bonds. The summed E-state index contributed by atoms with van der Waals surface area (Å²) in [6, 6.07) is 1.51. The standard InChI is InChI=1S/C10H6O5S/c11-6(1-2-16)14-8-5-3-4-7(13-5)9(8)15-10(4)12/h3,16H,1-2H2. The molecule has 0 aliphatic carbocycles. The van der Waals surface area contributed by atoms with Crippen LogP contribution in [0.4, 0.5) is 0 Å². The van der Waals surface area contributed by atoms with Crippen molar-refractivity contribution in [2.75, 3.05) is 5.75 Å². The van der Waals surface area contributed by atoms with Crippen LogP contribution in [0.5, 0.6) is 11.5 Å². The first-order valence-corrected chi connectivity index (χ1v) is 5.26. The zero-order valence-electron chi connectivity index (χ0n) is 7.98. The van der Waals surface area contributed by atoms with E-state index in [0.717, 1.165) is 0 Å². The number of carbonyl (C=O) groups excluding carboxylic acids is 2. The fourth-order valence-electron chi connectivity index (χ4n) is 1.63. The molecule has 0 aromatic carbocycles. The fourth-order valence-corrected chi connectivity index (χ4v) is 1.81. The van der Waals surface area contributed by atoms with Gasteiger partial charge in [-0.15, -0.1) is 0 Å². The summed E-state index contributed by atoms with van der Waals surface area (Å²) in [7, 11) is 0. The molecule has 16 heavy (non-hydrogen) atoms. The highest BCUT2D eigenvalue weighted by molar-refractivity contribution is 7.80. The molecule has 2 aromatic rings. The maximum atomic E-state index is 11.3. The van der Waals surface area contributed by atoms with Crippen molar-refractivity contribution < 1.29 is 23.5 Å². The van der Waals surface area contributed by atoms with Crippen molar-refractivity contribution in [1.29, 1.82) is 0 Å². The maximum absolute atomic E-state index is 11.3. The van der Waals surface area contributed by atoms with Gasteiger partial charge in [0.15, 0.2) is 11.2 Å². The Hall–Kier alpha value is -1.69. The average molecular weight is 238 g/mol. The molecule has 1 aliphatic rings. The predicted octanol–water partition coefficient (Wildman–Crippen LogP) is 1.63. The Bertz CT molecular complexity index is 585. The quantitative estimate of drug-likeness (QED) is 0.500. The van der Waals surface area contributed by atoms with E-state index >= 15 is 0 Å². The smallest absolute Gasteiger partial charge is 0.347 e. The zero-order valence-corrected chi connectivity index (χ0v) is 8.87. The summed E-state index contributed by atoms with van der Waals surface area (Å²) in [5.41, 5.74) is 1.10. The number of thiol groups is 1. The van der Waals surface area contributed by atoms with Crippen LogP contribution in [0.25, 0.3) is 11.2 Å². The Balaban J connectivity index is 1.96. The van der Waals surface area contributed by atoms with E-state index in [-0.39, 0.29) is 17.9 Å². The molecular weight excluding hydrogens is 232 g/mol.